The molecule has 6 heteroatoms. The number of rotatable bonds is 8. The molecule has 0 amide bonds. The zero-order valence-corrected chi connectivity index (χ0v) is 17.4. The van der Waals surface area contributed by atoms with Crippen molar-refractivity contribution < 1.29 is 9.90 Å². The topological polar surface area (TPSA) is 70.4 Å². The average Bonchev–Trinajstić information content (AvgIpc) is 3.12. The van der Waals surface area contributed by atoms with E-state index < -0.39 is 11.9 Å². The number of nitrogens with one attached hydrogen (secondary N) is 1. The minimum absolute atomic E-state index is 0.510. The maximum absolute atomic E-state index is 11.9. The van der Waals surface area contributed by atoms with Crippen LogP contribution in [0.4, 0.5) is 11.5 Å². The number of aliphatic carboxylic acids is 1. The number of hydrogen-bond donors (Lipinski definition) is 2. The summed E-state index contributed by atoms with van der Waals surface area (Å²) in [6.45, 7) is 4.68. The molecular weight excluding hydrogens is 364 g/mol. The van der Waals surface area contributed by atoms with Crippen molar-refractivity contribution in [2.45, 2.75) is 26.2 Å². The Morgan fingerprint density at radius 3 is 2.38 bits per heavy atom. The van der Waals surface area contributed by atoms with Gasteiger partial charge in [0.05, 0.1) is 11.6 Å². The lowest BCUT2D eigenvalue weighted by Gasteiger charge is -2.21. The van der Waals surface area contributed by atoms with Gasteiger partial charge in [0, 0.05) is 18.0 Å². The van der Waals surface area contributed by atoms with Crippen LogP contribution >= 0.6 is 0 Å². The van der Waals surface area contributed by atoms with Crippen LogP contribution in [0.5, 0.6) is 0 Å². The predicted molar refractivity (Wildman–Crippen MR) is 116 cm³/mol. The molecular formula is C23H28N4O2. The second kappa shape index (κ2) is 8.92. The first-order chi connectivity index (χ1) is 13.8. The third kappa shape index (κ3) is 5.03. The second-order valence-electron chi connectivity index (χ2n) is 7.61. The van der Waals surface area contributed by atoms with Crippen molar-refractivity contribution in [1.82, 2.24) is 14.7 Å². The van der Waals surface area contributed by atoms with E-state index in [0.29, 0.717) is 6.42 Å². The van der Waals surface area contributed by atoms with E-state index in [-0.39, 0.29) is 0 Å². The molecule has 0 aliphatic heterocycles. The van der Waals surface area contributed by atoms with E-state index in [1.54, 1.807) is 0 Å². The maximum atomic E-state index is 11.9. The number of aromatic nitrogens is 2. The molecule has 0 spiro atoms. The monoisotopic (exact) mass is 392 g/mol. The molecule has 29 heavy (non-hydrogen) atoms. The Bertz CT molecular complexity index is 957. The molecule has 6 nitrogen and oxygen atoms in total. The SMILES string of the molecule is Cc1cc(Nc2ccn(-c3ccccc3)n2)cc(C)c1C(CCN(C)C)C(=O)O. The van der Waals surface area contributed by atoms with Gasteiger partial charge >= 0.3 is 5.97 Å². The first-order valence-electron chi connectivity index (χ1n) is 9.72. The lowest BCUT2D eigenvalue weighted by molar-refractivity contribution is -0.139. The van der Waals surface area contributed by atoms with Crippen LogP contribution in [0.25, 0.3) is 5.69 Å². The number of anilines is 2. The summed E-state index contributed by atoms with van der Waals surface area (Å²) in [7, 11) is 3.92. The van der Waals surface area contributed by atoms with Gasteiger partial charge in [-0.2, -0.15) is 5.10 Å². The molecule has 0 saturated heterocycles. The van der Waals surface area contributed by atoms with Crippen molar-refractivity contribution in [2.24, 2.45) is 0 Å². The minimum Gasteiger partial charge on any atom is -0.481 e. The fourth-order valence-electron chi connectivity index (χ4n) is 3.64. The van der Waals surface area contributed by atoms with Crippen LogP contribution in [-0.4, -0.2) is 46.4 Å². The van der Waals surface area contributed by atoms with Gasteiger partial charge in [0.2, 0.25) is 0 Å². The largest absolute Gasteiger partial charge is 0.481 e. The summed E-state index contributed by atoms with van der Waals surface area (Å²) in [4.78, 5) is 13.9. The Morgan fingerprint density at radius 2 is 1.79 bits per heavy atom. The normalized spacial score (nSPS) is 12.2. The van der Waals surface area contributed by atoms with Crippen molar-refractivity contribution in [3.05, 3.63) is 71.4 Å². The summed E-state index contributed by atoms with van der Waals surface area (Å²) in [6, 6.07) is 15.8. The van der Waals surface area contributed by atoms with E-state index in [0.717, 1.165) is 40.4 Å². The summed E-state index contributed by atoms with van der Waals surface area (Å²) in [6.07, 6.45) is 2.49. The third-order valence-corrected chi connectivity index (χ3v) is 4.99. The Balaban J connectivity index is 1.82. The smallest absolute Gasteiger partial charge is 0.311 e. The number of hydrogen-bond acceptors (Lipinski definition) is 4. The maximum Gasteiger partial charge on any atom is 0.311 e. The Kier molecular flexibility index (Phi) is 6.34. The van der Waals surface area contributed by atoms with Crippen LogP contribution in [0.3, 0.4) is 0 Å². The van der Waals surface area contributed by atoms with Gasteiger partial charge in [-0.15, -0.1) is 0 Å². The summed E-state index contributed by atoms with van der Waals surface area (Å²) in [5.41, 5.74) is 4.74. The molecule has 0 aliphatic rings. The van der Waals surface area contributed by atoms with Crippen molar-refractivity contribution in [3.63, 3.8) is 0 Å². The highest BCUT2D eigenvalue weighted by atomic mass is 16.4. The molecule has 1 aromatic heterocycles. The van der Waals surface area contributed by atoms with Gasteiger partial charge in [-0.1, -0.05) is 18.2 Å². The molecule has 1 unspecified atom stereocenters. The summed E-state index contributed by atoms with van der Waals surface area (Å²) < 4.78 is 1.82. The van der Waals surface area contributed by atoms with Crippen molar-refractivity contribution in [2.75, 3.05) is 26.0 Å². The molecule has 152 valence electrons. The van der Waals surface area contributed by atoms with E-state index in [1.807, 2.05) is 92.3 Å². The van der Waals surface area contributed by atoms with E-state index in [2.05, 4.69) is 10.4 Å². The molecule has 1 heterocycles. The molecule has 1 atom stereocenters. The van der Waals surface area contributed by atoms with Crippen LogP contribution in [-0.2, 0) is 4.79 Å². The molecule has 0 bridgehead atoms. The fourth-order valence-corrected chi connectivity index (χ4v) is 3.64. The summed E-state index contributed by atoms with van der Waals surface area (Å²) >= 11 is 0. The van der Waals surface area contributed by atoms with Crippen LogP contribution < -0.4 is 5.32 Å². The van der Waals surface area contributed by atoms with E-state index in [4.69, 9.17) is 0 Å². The second-order valence-corrected chi connectivity index (χ2v) is 7.61. The zero-order chi connectivity index (χ0) is 21.0. The van der Waals surface area contributed by atoms with Gasteiger partial charge < -0.3 is 15.3 Å². The van der Waals surface area contributed by atoms with Crippen molar-refractivity contribution in [3.8, 4) is 5.69 Å². The third-order valence-electron chi connectivity index (χ3n) is 4.99. The molecule has 2 aromatic carbocycles. The highest BCUT2D eigenvalue weighted by Crippen LogP contribution is 2.31. The quantitative estimate of drug-likeness (QED) is 0.596. The zero-order valence-electron chi connectivity index (χ0n) is 17.4. The fraction of sp³-hybridized carbons (Fsp3) is 0.304. The van der Waals surface area contributed by atoms with Crippen LogP contribution in [0.2, 0.25) is 0 Å². The predicted octanol–water partition coefficient (Wildman–Crippen LogP) is 4.35. The van der Waals surface area contributed by atoms with Gasteiger partial charge in [0.1, 0.15) is 0 Å². The molecule has 2 N–H and O–H groups in total. The summed E-state index contributed by atoms with van der Waals surface area (Å²) in [5, 5.41) is 17.7. The van der Waals surface area contributed by atoms with Crippen LogP contribution in [0.1, 0.15) is 29.0 Å². The first-order valence-corrected chi connectivity index (χ1v) is 9.72. The minimum atomic E-state index is -0.777. The van der Waals surface area contributed by atoms with Crippen molar-refractivity contribution >= 4 is 17.5 Å². The van der Waals surface area contributed by atoms with Gasteiger partial charge in [0.15, 0.2) is 5.82 Å². The van der Waals surface area contributed by atoms with Crippen molar-refractivity contribution in [1.29, 1.82) is 0 Å². The summed E-state index contributed by atoms with van der Waals surface area (Å²) in [5.74, 6) is -0.549. The number of aryl methyl sites for hydroxylation is 2. The Hall–Kier alpha value is -3.12. The molecule has 3 rings (SSSR count). The van der Waals surface area contributed by atoms with Gasteiger partial charge in [-0.3, -0.25) is 4.79 Å². The molecule has 0 fully saturated rings. The standard InChI is InChI=1S/C23H28N4O2/c1-16-14-18(15-17(2)22(16)20(23(28)29)10-12-26(3)4)24-21-11-13-27(25-21)19-8-6-5-7-9-19/h5-9,11,13-15,20H,10,12H2,1-4H3,(H,24,25)(H,28,29). The lowest BCUT2D eigenvalue weighted by atomic mass is 9.88. The Morgan fingerprint density at radius 1 is 1.14 bits per heavy atom. The van der Waals surface area contributed by atoms with E-state index in [1.165, 1.54) is 0 Å². The van der Waals surface area contributed by atoms with Gasteiger partial charge in [-0.25, -0.2) is 4.68 Å². The number of carboxylic acids is 1. The molecule has 0 saturated carbocycles. The molecule has 0 radical (unpaired) electrons. The van der Waals surface area contributed by atoms with E-state index in [9.17, 15) is 9.90 Å². The number of benzene rings is 2. The van der Waals surface area contributed by atoms with Gasteiger partial charge in [0.25, 0.3) is 0 Å². The number of carbonyl (C=O) groups is 1. The lowest BCUT2D eigenvalue weighted by Crippen LogP contribution is -2.21. The number of carboxylic acid groups (broad SMARTS) is 1. The molecule has 0 aliphatic carbocycles. The highest BCUT2D eigenvalue weighted by molar-refractivity contribution is 5.78. The van der Waals surface area contributed by atoms with E-state index >= 15 is 0 Å². The Labute approximate surface area is 171 Å². The number of para-hydroxylation sites is 1. The molecule has 3 aromatic rings. The van der Waals surface area contributed by atoms with Crippen LogP contribution in [0, 0.1) is 13.8 Å². The number of nitrogens with zero attached hydrogens (tertiary/aromatic N) is 3. The van der Waals surface area contributed by atoms with Gasteiger partial charge in [-0.05, 0) is 81.9 Å². The first kappa shape index (κ1) is 20.6. The average molecular weight is 393 g/mol. The highest BCUT2D eigenvalue weighted by Gasteiger charge is 2.24. The van der Waals surface area contributed by atoms with Crippen LogP contribution in [0.15, 0.2) is 54.7 Å².